The van der Waals surface area contributed by atoms with Gasteiger partial charge in [0.05, 0.1) is 12.2 Å². The number of nitro groups is 1. The lowest BCUT2D eigenvalue weighted by Gasteiger charge is -2.63. The lowest BCUT2D eigenvalue weighted by Crippen LogP contribution is -2.61. The van der Waals surface area contributed by atoms with Crippen molar-refractivity contribution in [2.45, 2.75) is 84.0 Å². The number of methoxy groups -OCH3 is 1. The zero-order valence-electron chi connectivity index (χ0n) is 16.7. The normalized spacial score (nSPS) is 56.3. The summed E-state index contributed by atoms with van der Waals surface area (Å²) in [6, 6.07) is -0.413. The second kappa shape index (κ2) is 6.16. The van der Waals surface area contributed by atoms with Gasteiger partial charge >= 0.3 is 0 Å². The molecule has 4 aliphatic carbocycles. The zero-order chi connectivity index (χ0) is 18.9. The molecule has 5 nitrogen and oxygen atoms in total. The Morgan fingerprint density at radius 1 is 1.12 bits per heavy atom. The number of fused-ring (bicyclic) bond motifs is 5. The highest BCUT2D eigenvalue weighted by Crippen LogP contribution is 2.67. The van der Waals surface area contributed by atoms with Crippen molar-refractivity contribution >= 4 is 0 Å². The van der Waals surface area contributed by atoms with Crippen LogP contribution in [0.15, 0.2) is 0 Å². The zero-order valence-corrected chi connectivity index (χ0v) is 16.7. The van der Waals surface area contributed by atoms with E-state index >= 15 is 0 Å². The molecule has 4 aliphatic rings. The van der Waals surface area contributed by atoms with E-state index in [0.717, 1.165) is 44.9 Å². The molecule has 0 amide bonds. The summed E-state index contributed by atoms with van der Waals surface area (Å²) < 4.78 is 6.05. The molecule has 0 radical (unpaired) electrons. The van der Waals surface area contributed by atoms with E-state index in [4.69, 9.17) is 4.74 Å². The number of rotatable bonds is 2. The molecule has 0 heterocycles. The first-order valence-electron chi connectivity index (χ1n) is 10.6. The molecule has 0 aromatic heterocycles. The Balaban J connectivity index is 1.71. The molecule has 1 N–H and O–H groups in total. The first-order valence-corrected chi connectivity index (χ1v) is 10.6. The van der Waals surface area contributed by atoms with Crippen LogP contribution in [-0.2, 0) is 4.74 Å². The van der Waals surface area contributed by atoms with Crippen molar-refractivity contribution in [2.75, 3.05) is 7.11 Å². The minimum absolute atomic E-state index is 0.0145. The second-order valence-electron chi connectivity index (χ2n) is 10.4. The Bertz CT molecular complexity index is 582. The van der Waals surface area contributed by atoms with Gasteiger partial charge in [-0.15, -0.1) is 0 Å². The van der Waals surface area contributed by atoms with Gasteiger partial charge in [0.15, 0.2) is 0 Å². The minimum Gasteiger partial charge on any atom is -0.393 e. The van der Waals surface area contributed by atoms with Crippen LogP contribution in [0.3, 0.4) is 0 Å². The van der Waals surface area contributed by atoms with Crippen molar-refractivity contribution in [2.24, 2.45) is 40.4 Å². The Morgan fingerprint density at radius 2 is 1.85 bits per heavy atom. The lowest BCUT2D eigenvalue weighted by atomic mass is 9.43. The molecule has 0 aliphatic heterocycles. The molecule has 26 heavy (non-hydrogen) atoms. The van der Waals surface area contributed by atoms with Crippen LogP contribution in [-0.4, -0.2) is 35.4 Å². The van der Waals surface area contributed by atoms with Crippen LogP contribution < -0.4 is 0 Å². The van der Waals surface area contributed by atoms with Gasteiger partial charge in [0.25, 0.3) is 0 Å². The summed E-state index contributed by atoms with van der Waals surface area (Å²) in [5.74, 6) is 2.35. The van der Waals surface area contributed by atoms with Crippen molar-refractivity contribution in [3.8, 4) is 0 Å². The Labute approximate surface area is 157 Å². The van der Waals surface area contributed by atoms with Crippen molar-refractivity contribution in [1.82, 2.24) is 0 Å². The largest absolute Gasteiger partial charge is 0.393 e. The maximum absolute atomic E-state index is 11.7. The van der Waals surface area contributed by atoms with Gasteiger partial charge in [0, 0.05) is 23.9 Å². The number of aliphatic hydroxyl groups is 1. The predicted molar refractivity (Wildman–Crippen MR) is 99.2 cm³/mol. The fraction of sp³-hybridized carbons (Fsp3) is 1.00. The number of hydrogen-bond acceptors (Lipinski definition) is 4. The first kappa shape index (κ1) is 18.7. The molecule has 0 aromatic rings. The third-order valence-electron chi connectivity index (χ3n) is 9.42. The predicted octanol–water partition coefficient (Wildman–Crippen LogP) is 3.91. The number of hydrogen-bond donors (Lipinski definition) is 1. The third-order valence-corrected chi connectivity index (χ3v) is 9.42. The summed E-state index contributed by atoms with van der Waals surface area (Å²) in [4.78, 5) is 11.7. The molecule has 4 saturated carbocycles. The molecule has 2 unspecified atom stereocenters. The molecule has 4 fully saturated rings. The van der Waals surface area contributed by atoms with E-state index in [1.807, 2.05) is 0 Å². The molecule has 10 atom stereocenters. The summed E-state index contributed by atoms with van der Waals surface area (Å²) >= 11 is 0. The average molecular weight is 366 g/mol. The summed E-state index contributed by atoms with van der Waals surface area (Å²) in [7, 11) is 1.80. The van der Waals surface area contributed by atoms with E-state index in [0.29, 0.717) is 29.6 Å². The molecular formula is C21H35NO4. The van der Waals surface area contributed by atoms with Gasteiger partial charge in [-0.3, -0.25) is 10.1 Å². The van der Waals surface area contributed by atoms with Crippen LogP contribution in [0.1, 0.15) is 65.7 Å². The van der Waals surface area contributed by atoms with Crippen LogP contribution in [0.25, 0.3) is 0 Å². The van der Waals surface area contributed by atoms with Gasteiger partial charge in [-0.2, -0.15) is 0 Å². The molecule has 0 aromatic carbocycles. The monoisotopic (exact) mass is 365 g/mol. The highest BCUT2D eigenvalue weighted by Gasteiger charge is 2.66. The van der Waals surface area contributed by atoms with Crippen LogP contribution >= 0.6 is 0 Å². The van der Waals surface area contributed by atoms with E-state index in [9.17, 15) is 15.2 Å². The molecule has 0 bridgehead atoms. The topological polar surface area (TPSA) is 72.6 Å². The van der Waals surface area contributed by atoms with Crippen LogP contribution in [0.2, 0.25) is 0 Å². The van der Waals surface area contributed by atoms with E-state index in [-0.39, 0.29) is 28.0 Å². The Morgan fingerprint density at radius 3 is 2.50 bits per heavy atom. The fourth-order valence-corrected chi connectivity index (χ4v) is 8.23. The molecular weight excluding hydrogens is 330 g/mol. The smallest absolute Gasteiger partial charge is 0.218 e. The van der Waals surface area contributed by atoms with Crippen molar-refractivity contribution in [3.05, 3.63) is 10.1 Å². The minimum atomic E-state index is -0.413. The Kier molecular flexibility index (Phi) is 4.43. The summed E-state index contributed by atoms with van der Waals surface area (Å²) in [5, 5.41) is 22.2. The van der Waals surface area contributed by atoms with Gasteiger partial charge in [-0.25, -0.2) is 0 Å². The molecule has 4 rings (SSSR count). The number of nitrogens with zero attached hydrogens (tertiary/aromatic N) is 1. The van der Waals surface area contributed by atoms with Crippen LogP contribution in [0, 0.1) is 50.5 Å². The quantitative estimate of drug-likeness (QED) is 0.595. The van der Waals surface area contributed by atoms with Gasteiger partial charge in [-0.05, 0) is 73.5 Å². The maximum atomic E-state index is 11.7. The van der Waals surface area contributed by atoms with Gasteiger partial charge in [0.1, 0.15) is 0 Å². The van der Waals surface area contributed by atoms with Gasteiger partial charge in [0.2, 0.25) is 6.04 Å². The Hall–Kier alpha value is -0.680. The summed E-state index contributed by atoms with van der Waals surface area (Å²) in [6.07, 6.45) is 6.76. The number of aliphatic hydroxyl groups excluding tert-OH is 1. The van der Waals surface area contributed by atoms with Crippen LogP contribution in [0.4, 0.5) is 0 Å². The molecule has 0 spiro atoms. The number of ether oxygens (including phenoxy) is 1. The van der Waals surface area contributed by atoms with Crippen molar-refractivity contribution in [1.29, 1.82) is 0 Å². The summed E-state index contributed by atoms with van der Waals surface area (Å²) in [5.41, 5.74) is -0.0371. The van der Waals surface area contributed by atoms with E-state index in [2.05, 4.69) is 20.8 Å². The highest BCUT2D eigenvalue weighted by atomic mass is 16.6. The standard InChI is InChI=1S/C21H35NO4/c1-12-10-20(2)13(9-16(12)23)5-6-14-15-7-8-18(22(24)25)21(15,3)11-17(26-4)19(14)20/h12-19,23H,5-11H2,1-4H3/t12?,13-,14-,15-,16-,17-,18-,19+,20-,21?/m0/s1. The van der Waals surface area contributed by atoms with E-state index in [1.54, 1.807) is 7.11 Å². The highest BCUT2D eigenvalue weighted by molar-refractivity contribution is 5.13. The first-order chi connectivity index (χ1) is 12.2. The second-order valence-corrected chi connectivity index (χ2v) is 10.4. The SMILES string of the molecule is CO[C@H]1CC2(C)[C@@H]([N+](=O)[O-])CC[C@H]2[C@@H]2CC[C@H]3C[C@H](O)C(C)C[C@]3(C)[C@H]21. The average Bonchev–Trinajstić information content (AvgIpc) is 2.92. The fourth-order valence-electron chi connectivity index (χ4n) is 8.23. The van der Waals surface area contributed by atoms with Gasteiger partial charge < -0.3 is 9.84 Å². The van der Waals surface area contributed by atoms with Crippen molar-refractivity contribution < 1.29 is 14.8 Å². The summed E-state index contributed by atoms with van der Waals surface area (Å²) in [6.45, 7) is 6.79. The molecule has 0 saturated heterocycles. The van der Waals surface area contributed by atoms with Gasteiger partial charge in [-0.1, -0.05) is 20.8 Å². The third kappa shape index (κ3) is 2.42. The van der Waals surface area contributed by atoms with Crippen LogP contribution in [0.5, 0.6) is 0 Å². The van der Waals surface area contributed by atoms with E-state index in [1.165, 1.54) is 0 Å². The lowest BCUT2D eigenvalue weighted by molar-refractivity contribution is -0.541. The molecule has 5 heteroatoms. The molecule has 148 valence electrons. The van der Waals surface area contributed by atoms with E-state index < -0.39 is 6.04 Å². The maximum Gasteiger partial charge on any atom is 0.218 e. The van der Waals surface area contributed by atoms with Crippen molar-refractivity contribution in [3.63, 3.8) is 0 Å².